The molecule has 0 fully saturated rings. The van der Waals surface area contributed by atoms with E-state index in [0.29, 0.717) is 6.54 Å². The molecule has 0 aliphatic rings. The summed E-state index contributed by atoms with van der Waals surface area (Å²) in [6.45, 7) is 2.81. The molecule has 1 heterocycles. The number of nitrogens with one attached hydrogen (secondary N) is 3. The Labute approximate surface area is 80.8 Å². The molecule has 0 aliphatic heterocycles. The van der Waals surface area contributed by atoms with Crippen LogP contribution in [0.4, 0.5) is 5.95 Å². The molecule has 0 atom stereocenters. The van der Waals surface area contributed by atoms with E-state index in [-0.39, 0.29) is 5.95 Å². The molecule has 0 spiro atoms. The summed E-state index contributed by atoms with van der Waals surface area (Å²) in [7, 11) is 0. The first kappa shape index (κ1) is 10.5. The number of rotatable bonds is 5. The third-order valence-electron chi connectivity index (χ3n) is 1.74. The topological polar surface area (TPSA) is 90.6 Å². The molecule has 14 heavy (non-hydrogen) atoms. The number of unbranched alkanes of at least 4 members (excludes halogenated alkanes) is 2. The quantitative estimate of drug-likeness (QED) is 0.583. The summed E-state index contributed by atoms with van der Waals surface area (Å²) in [6, 6.07) is 0. The zero-order valence-corrected chi connectivity index (χ0v) is 8.09. The van der Waals surface area contributed by atoms with E-state index in [4.69, 9.17) is 0 Å². The number of hydrogen-bond donors (Lipinski definition) is 3. The van der Waals surface area contributed by atoms with Gasteiger partial charge in [0.2, 0.25) is 5.95 Å². The Bertz CT molecular complexity index is 353. The van der Waals surface area contributed by atoms with E-state index < -0.39 is 11.4 Å². The van der Waals surface area contributed by atoms with Crippen molar-refractivity contribution in [3.63, 3.8) is 0 Å². The second-order valence-electron chi connectivity index (χ2n) is 2.98. The average molecular weight is 198 g/mol. The summed E-state index contributed by atoms with van der Waals surface area (Å²) < 4.78 is 0. The van der Waals surface area contributed by atoms with Crippen LogP contribution in [0.2, 0.25) is 0 Å². The van der Waals surface area contributed by atoms with Crippen LogP contribution < -0.4 is 16.7 Å². The molecular formula is C8H14N4O2. The Hall–Kier alpha value is -1.59. The van der Waals surface area contributed by atoms with Crippen molar-refractivity contribution in [2.24, 2.45) is 0 Å². The molecule has 0 radical (unpaired) electrons. The Morgan fingerprint density at radius 3 is 2.71 bits per heavy atom. The lowest BCUT2D eigenvalue weighted by Crippen LogP contribution is -2.26. The van der Waals surface area contributed by atoms with Crippen LogP contribution in [0.25, 0.3) is 0 Å². The van der Waals surface area contributed by atoms with Crippen LogP contribution in [0.5, 0.6) is 0 Å². The Morgan fingerprint density at radius 1 is 1.29 bits per heavy atom. The maximum atomic E-state index is 10.8. The number of hydrogen-bond acceptors (Lipinski definition) is 4. The van der Waals surface area contributed by atoms with Gasteiger partial charge in [-0.1, -0.05) is 19.8 Å². The van der Waals surface area contributed by atoms with Crippen molar-refractivity contribution in [1.29, 1.82) is 0 Å². The zero-order chi connectivity index (χ0) is 10.4. The second-order valence-corrected chi connectivity index (χ2v) is 2.98. The lowest BCUT2D eigenvalue weighted by molar-refractivity contribution is 0.738. The van der Waals surface area contributed by atoms with E-state index in [1.807, 2.05) is 4.98 Å². The summed E-state index contributed by atoms with van der Waals surface area (Å²) in [6.07, 6.45) is 3.23. The van der Waals surface area contributed by atoms with Crippen molar-refractivity contribution in [1.82, 2.24) is 15.0 Å². The Morgan fingerprint density at radius 2 is 2.07 bits per heavy atom. The van der Waals surface area contributed by atoms with E-state index >= 15 is 0 Å². The lowest BCUT2D eigenvalue weighted by atomic mass is 10.2. The van der Waals surface area contributed by atoms with Crippen LogP contribution in [0.3, 0.4) is 0 Å². The largest absolute Gasteiger partial charge is 0.356 e. The third-order valence-corrected chi connectivity index (χ3v) is 1.74. The monoisotopic (exact) mass is 198 g/mol. The standard InChI is InChI=1S/C8H14N4O2/c1-2-3-4-5-9-6-10-7(13)12-8(14)11-6/h2-5H2,1H3,(H3,9,10,11,12,13,14). The number of aromatic amines is 2. The molecule has 6 nitrogen and oxygen atoms in total. The van der Waals surface area contributed by atoms with Gasteiger partial charge in [-0.25, -0.2) is 9.59 Å². The second kappa shape index (κ2) is 5.21. The van der Waals surface area contributed by atoms with E-state index in [2.05, 4.69) is 22.2 Å². The minimum atomic E-state index is -0.633. The summed E-state index contributed by atoms with van der Waals surface area (Å²) in [4.78, 5) is 29.5. The molecule has 0 amide bonds. The third kappa shape index (κ3) is 3.42. The molecule has 0 saturated carbocycles. The molecule has 1 aromatic rings. The molecule has 1 rings (SSSR count). The van der Waals surface area contributed by atoms with Crippen molar-refractivity contribution in [3.8, 4) is 0 Å². The van der Waals surface area contributed by atoms with Gasteiger partial charge in [-0.15, -0.1) is 0 Å². The maximum absolute atomic E-state index is 10.8. The molecule has 0 bridgehead atoms. The summed E-state index contributed by atoms with van der Waals surface area (Å²) in [5.74, 6) is 0.231. The molecule has 0 aromatic carbocycles. The molecule has 0 aliphatic carbocycles. The van der Waals surface area contributed by atoms with Gasteiger partial charge in [0, 0.05) is 6.54 Å². The van der Waals surface area contributed by atoms with E-state index in [1.165, 1.54) is 0 Å². The molecule has 1 aromatic heterocycles. The molecule has 0 saturated heterocycles. The average Bonchev–Trinajstić information content (AvgIpc) is 2.11. The highest BCUT2D eigenvalue weighted by Crippen LogP contribution is 1.94. The maximum Gasteiger partial charge on any atom is 0.352 e. The van der Waals surface area contributed by atoms with Gasteiger partial charge >= 0.3 is 11.4 Å². The number of H-pyrrole nitrogens is 2. The van der Waals surface area contributed by atoms with Crippen LogP contribution in [-0.2, 0) is 0 Å². The van der Waals surface area contributed by atoms with E-state index in [9.17, 15) is 9.59 Å². The van der Waals surface area contributed by atoms with Crippen LogP contribution in [0, 0.1) is 0 Å². The molecule has 6 heteroatoms. The van der Waals surface area contributed by atoms with Crippen molar-refractivity contribution in [3.05, 3.63) is 21.0 Å². The Kier molecular flexibility index (Phi) is 3.90. The molecule has 78 valence electrons. The minimum absolute atomic E-state index is 0.231. The SMILES string of the molecule is CCCCCNc1nc(=O)[nH]c(=O)[nH]1. The lowest BCUT2D eigenvalue weighted by Gasteiger charge is -2.02. The highest BCUT2D eigenvalue weighted by Gasteiger charge is 1.95. The highest BCUT2D eigenvalue weighted by molar-refractivity contribution is 5.20. The predicted molar refractivity (Wildman–Crippen MR) is 53.5 cm³/mol. The minimum Gasteiger partial charge on any atom is -0.356 e. The van der Waals surface area contributed by atoms with E-state index in [0.717, 1.165) is 19.3 Å². The number of aromatic nitrogens is 3. The number of anilines is 1. The van der Waals surface area contributed by atoms with Crippen molar-refractivity contribution in [2.45, 2.75) is 26.2 Å². The number of nitrogens with zero attached hydrogens (tertiary/aromatic N) is 1. The Balaban J connectivity index is 2.51. The van der Waals surface area contributed by atoms with Gasteiger partial charge in [0.1, 0.15) is 0 Å². The summed E-state index contributed by atoms with van der Waals surface area (Å²) >= 11 is 0. The van der Waals surface area contributed by atoms with Gasteiger partial charge in [-0.05, 0) is 6.42 Å². The van der Waals surface area contributed by atoms with Gasteiger partial charge in [0.15, 0.2) is 0 Å². The van der Waals surface area contributed by atoms with Crippen LogP contribution in [0.15, 0.2) is 9.59 Å². The smallest absolute Gasteiger partial charge is 0.352 e. The van der Waals surface area contributed by atoms with Gasteiger partial charge < -0.3 is 5.32 Å². The highest BCUT2D eigenvalue weighted by atomic mass is 16.2. The fourth-order valence-corrected chi connectivity index (χ4v) is 1.06. The van der Waals surface area contributed by atoms with Gasteiger partial charge in [0.05, 0.1) is 0 Å². The summed E-state index contributed by atoms with van der Waals surface area (Å²) in [5, 5.41) is 2.87. The normalized spacial score (nSPS) is 10.1. The molecule has 3 N–H and O–H groups in total. The summed E-state index contributed by atoms with van der Waals surface area (Å²) in [5.41, 5.74) is -1.17. The van der Waals surface area contributed by atoms with Crippen molar-refractivity contribution >= 4 is 5.95 Å². The van der Waals surface area contributed by atoms with Crippen molar-refractivity contribution < 1.29 is 0 Å². The van der Waals surface area contributed by atoms with Gasteiger partial charge in [-0.3, -0.25) is 9.97 Å². The van der Waals surface area contributed by atoms with Gasteiger partial charge in [0.25, 0.3) is 0 Å². The fourth-order valence-electron chi connectivity index (χ4n) is 1.06. The van der Waals surface area contributed by atoms with Crippen molar-refractivity contribution in [2.75, 3.05) is 11.9 Å². The van der Waals surface area contributed by atoms with Crippen LogP contribution in [0.1, 0.15) is 26.2 Å². The first-order chi connectivity index (χ1) is 6.72. The van der Waals surface area contributed by atoms with Crippen LogP contribution in [-0.4, -0.2) is 21.5 Å². The van der Waals surface area contributed by atoms with Gasteiger partial charge in [-0.2, -0.15) is 4.98 Å². The van der Waals surface area contributed by atoms with Crippen LogP contribution >= 0.6 is 0 Å². The zero-order valence-electron chi connectivity index (χ0n) is 8.09. The molecule has 0 unspecified atom stereocenters. The fraction of sp³-hybridized carbons (Fsp3) is 0.625. The van der Waals surface area contributed by atoms with E-state index in [1.54, 1.807) is 0 Å². The first-order valence-corrected chi connectivity index (χ1v) is 4.67. The first-order valence-electron chi connectivity index (χ1n) is 4.67. The molecular weight excluding hydrogens is 184 g/mol. The predicted octanol–water partition coefficient (Wildman–Crippen LogP) is 0.0603.